The third kappa shape index (κ3) is 5.03. The summed E-state index contributed by atoms with van der Waals surface area (Å²) in [7, 11) is 2.17. The molecule has 0 saturated heterocycles. The zero-order chi connectivity index (χ0) is 21.6. The Hall–Kier alpha value is -2.35. The molecule has 3 rings (SSSR count). The molecule has 0 aromatic heterocycles. The Kier molecular flexibility index (Phi) is 7.53. The van der Waals surface area contributed by atoms with Crippen LogP contribution in [0, 0.1) is 0 Å². The molecule has 3 nitrogen and oxygen atoms in total. The van der Waals surface area contributed by atoms with E-state index in [4.69, 9.17) is 9.47 Å². The summed E-state index contributed by atoms with van der Waals surface area (Å²) in [5.41, 5.74) is 3.25. The molecular formula is C26H31O3P. The first kappa shape index (κ1) is 22.3. The molecule has 0 aliphatic heterocycles. The van der Waals surface area contributed by atoms with Crippen molar-refractivity contribution in [1.82, 2.24) is 0 Å². The highest BCUT2D eigenvalue weighted by Crippen LogP contribution is 2.50. The van der Waals surface area contributed by atoms with Gasteiger partial charge in [-0.1, -0.05) is 89.2 Å². The van der Waals surface area contributed by atoms with Crippen molar-refractivity contribution in [2.75, 3.05) is 7.11 Å². The van der Waals surface area contributed by atoms with Gasteiger partial charge in [-0.15, -0.1) is 0 Å². The summed E-state index contributed by atoms with van der Waals surface area (Å²) in [5.74, 6) is 1.55. The van der Waals surface area contributed by atoms with Crippen molar-refractivity contribution >= 4 is 13.9 Å². The first-order chi connectivity index (χ1) is 14.5. The standard InChI is InChI=1S/C26H31O3P/c1-5-26(3,30-24-17-10-9-14-21(24)19(2)27)22-15-11-16-23(28-4)25(22)29-18-20-12-7-6-8-13-20/h6-17,19,27,30H,5,18H2,1-4H3. The molecule has 4 heteroatoms. The fourth-order valence-electron chi connectivity index (χ4n) is 3.61. The van der Waals surface area contributed by atoms with Crippen LogP contribution in [-0.2, 0) is 11.8 Å². The molecule has 0 heterocycles. The zero-order valence-corrected chi connectivity index (χ0v) is 19.2. The number of para-hydroxylation sites is 1. The van der Waals surface area contributed by atoms with Crippen molar-refractivity contribution in [3.8, 4) is 11.5 Å². The van der Waals surface area contributed by atoms with E-state index >= 15 is 0 Å². The number of hydrogen-bond donors (Lipinski definition) is 1. The van der Waals surface area contributed by atoms with Gasteiger partial charge in [0.25, 0.3) is 0 Å². The molecule has 0 spiro atoms. The number of benzene rings is 3. The van der Waals surface area contributed by atoms with E-state index < -0.39 is 6.10 Å². The smallest absolute Gasteiger partial charge is 0.165 e. The molecule has 0 saturated carbocycles. The van der Waals surface area contributed by atoms with Gasteiger partial charge in [-0.2, -0.15) is 0 Å². The Labute approximate surface area is 181 Å². The fourth-order valence-corrected chi connectivity index (χ4v) is 5.33. The van der Waals surface area contributed by atoms with Crippen molar-refractivity contribution in [1.29, 1.82) is 0 Å². The van der Waals surface area contributed by atoms with Crippen LogP contribution in [0.2, 0.25) is 0 Å². The molecule has 0 bridgehead atoms. The largest absolute Gasteiger partial charge is 0.493 e. The van der Waals surface area contributed by atoms with E-state index in [1.54, 1.807) is 7.11 Å². The van der Waals surface area contributed by atoms with Crippen molar-refractivity contribution < 1.29 is 14.6 Å². The first-order valence-corrected chi connectivity index (χ1v) is 11.4. The Bertz CT molecular complexity index is 956. The lowest BCUT2D eigenvalue weighted by Crippen LogP contribution is -2.22. The molecule has 3 aromatic rings. The van der Waals surface area contributed by atoms with Gasteiger partial charge in [-0.3, -0.25) is 0 Å². The van der Waals surface area contributed by atoms with Gasteiger partial charge in [0.15, 0.2) is 11.5 Å². The van der Waals surface area contributed by atoms with Gasteiger partial charge in [-0.25, -0.2) is 0 Å². The van der Waals surface area contributed by atoms with Crippen LogP contribution in [0.3, 0.4) is 0 Å². The molecule has 0 aliphatic rings. The average molecular weight is 423 g/mol. The molecule has 3 atom stereocenters. The van der Waals surface area contributed by atoms with E-state index in [9.17, 15) is 5.11 Å². The van der Waals surface area contributed by atoms with Gasteiger partial charge >= 0.3 is 0 Å². The minimum atomic E-state index is -0.492. The maximum atomic E-state index is 10.3. The number of aliphatic hydroxyl groups excluding tert-OH is 1. The SMILES string of the molecule is CCC(C)(Pc1ccccc1C(C)O)c1cccc(OC)c1OCc1ccccc1. The van der Waals surface area contributed by atoms with Crippen molar-refractivity contribution in [3.63, 3.8) is 0 Å². The lowest BCUT2D eigenvalue weighted by Gasteiger charge is -2.32. The molecule has 0 aliphatic carbocycles. The van der Waals surface area contributed by atoms with E-state index in [1.807, 2.05) is 55.5 Å². The van der Waals surface area contributed by atoms with Crippen LogP contribution >= 0.6 is 8.58 Å². The summed E-state index contributed by atoms with van der Waals surface area (Å²) in [6.45, 7) is 6.79. The fraction of sp³-hybridized carbons (Fsp3) is 0.308. The van der Waals surface area contributed by atoms with Crippen molar-refractivity contribution in [2.24, 2.45) is 0 Å². The summed E-state index contributed by atoms with van der Waals surface area (Å²) in [4.78, 5) is 0. The molecular weight excluding hydrogens is 391 g/mol. The van der Waals surface area contributed by atoms with Crippen LogP contribution < -0.4 is 14.8 Å². The van der Waals surface area contributed by atoms with E-state index in [1.165, 1.54) is 5.30 Å². The van der Waals surface area contributed by atoms with E-state index in [0.29, 0.717) is 15.2 Å². The lowest BCUT2D eigenvalue weighted by molar-refractivity contribution is 0.200. The minimum absolute atomic E-state index is 0.147. The lowest BCUT2D eigenvalue weighted by atomic mass is 9.96. The number of rotatable bonds is 9. The van der Waals surface area contributed by atoms with Gasteiger partial charge < -0.3 is 14.6 Å². The quantitative estimate of drug-likeness (QED) is 0.433. The van der Waals surface area contributed by atoms with Crippen LogP contribution in [0.25, 0.3) is 0 Å². The van der Waals surface area contributed by atoms with E-state index in [-0.39, 0.29) is 5.16 Å². The van der Waals surface area contributed by atoms with Crippen LogP contribution in [0.1, 0.15) is 50.0 Å². The van der Waals surface area contributed by atoms with Gasteiger partial charge in [0, 0.05) is 10.7 Å². The number of ether oxygens (including phenoxy) is 2. The molecule has 158 valence electrons. The van der Waals surface area contributed by atoms with E-state index in [2.05, 4.69) is 38.1 Å². The Balaban J connectivity index is 1.99. The zero-order valence-electron chi connectivity index (χ0n) is 18.2. The third-order valence-electron chi connectivity index (χ3n) is 5.55. The van der Waals surface area contributed by atoms with Gasteiger partial charge in [0.1, 0.15) is 6.61 Å². The molecule has 0 amide bonds. The highest BCUT2D eigenvalue weighted by molar-refractivity contribution is 7.48. The second kappa shape index (κ2) is 10.1. The highest BCUT2D eigenvalue weighted by atomic mass is 31.1. The van der Waals surface area contributed by atoms with Crippen molar-refractivity contribution in [2.45, 2.75) is 45.1 Å². The van der Waals surface area contributed by atoms with E-state index in [0.717, 1.165) is 34.6 Å². The van der Waals surface area contributed by atoms with Gasteiger partial charge in [0.2, 0.25) is 0 Å². The Morgan fingerprint density at radius 1 is 0.967 bits per heavy atom. The summed E-state index contributed by atoms with van der Waals surface area (Å²) in [6.07, 6.45) is 0.447. The molecule has 3 aromatic carbocycles. The normalized spacial score (nSPS) is 14.4. The summed E-state index contributed by atoms with van der Waals surface area (Å²) >= 11 is 0. The summed E-state index contributed by atoms with van der Waals surface area (Å²) in [5, 5.41) is 11.3. The summed E-state index contributed by atoms with van der Waals surface area (Å²) in [6, 6.07) is 24.5. The Morgan fingerprint density at radius 3 is 2.33 bits per heavy atom. The highest BCUT2D eigenvalue weighted by Gasteiger charge is 2.31. The topological polar surface area (TPSA) is 38.7 Å². The summed E-state index contributed by atoms with van der Waals surface area (Å²) < 4.78 is 12.0. The second-order valence-corrected chi connectivity index (χ2v) is 9.58. The maximum Gasteiger partial charge on any atom is 0.165 e. The van der Waals surface area contributed by atoms with Crippen LogP contribution in [0.4, 0.5) is 0 Å². The predicted octanol–water partition coefficient (Wildman–Crippen LogP) is 5.96. The van der Waals surface area contributed by atoms with Crippen LogP contribution in [0.15, 0.2) is 72.8 Å². The molecule has 30 heavy (non-hydrogen) atoms. The second-order valence-electron chi connectivity index (χ2n) is 7.69. The minimum Gasteiger partial charge on any atom is -0.493 e. The number of aliphatic hydroxyl groups is 1. The molecule has 3 unspecified atom stereocenters. The van der Waals surface area contributed by atoms with Gasteiger partial charge in [0.05, 0.1) is 13.2 Å². The van der Waals surface area contributed by atoms with Crippen LogP contribution in [0.5, 0.6) is 11.5 Å². The van der Waals surface area contributed by atoms with Crippen LogP contribution in [-0.4, -0.2) is 12.2 Å². The molecule has 0 radical (unpaired) electrons. The predicted molar refractivity (Wildman–Crippen MR) is 126 cm³/mol. The molecule has 0 fully saturated rings. The molecule has 1 N–H and O–H groups in total. The van der Waals surface area contributed by atoms with Gasteiger partial charge in [-0.05, 0) is 35.8 Å². The Morgan fingerprint density at radius 2 is 1.67 bits per heavy atom. The first-order valence-electron chi connectivity index (χ1n) is 10.4. The van der Waals surface area contributed by atoms with Crippen molar-refractivity contribution in [3.05, 3.63) is 89.5 Å². The monoisotopic (exact) mass is 422 g/mol. The third-order valence-corrected chi connectivity index (χ3v) is 7.45. The maximum absolute atomic E-state index is 10.3. The number of hydrogen-bond acceptors (Lipinski definition) is 3. The average Bonchev–Trinajstić information content (AvgIpc) is 2.78. The number of methoxy groups -OCH3 is 1.